The van der Waals surface area contributed by atoms with Crippen LogP contribution in [0.3, 0.4) is 0 Å². The number of halogens is 2. The molecule has 2 atom stereocenters. The van der Waals surface area contributed by atoms with E-state index in [-0.39, 0.29) is 24.4 Å². The summed E-state index contributed by atoms with van der Waals surface area (Å²) in [6.07, 6.45) is -0.533. The minimum Gasteiger partial charge on any atom is -0.468 e. The van der Waals surface area contributed by atoms with Crippen molar-refractivity contribution < 1.29 is 13.9 Å². The number of fused-ring (bicyclic) bond motifs is 1. The van der Waals surface area contributed by atoms with Crippen molar-refractivity contribution in [1.82, 2.24) is 4.90 Å². The Morgan fingerprint density at radius 1 is 1.07 bits per heavy atom. The van der Waals surface area contributed by atoms with Gasteiger partial charge in [0.25, 0.3) is 0 Å². The van der Waals surface area contributed by atoms with Gasteiger partial charge in [0.2, 0.25) is 0 Å². The van der Waals surface area contributed by atoms with Crippen LogP contribution in [0.15, 0.2) is 77.3 Å². The van der Waals surface area contributed by atoms with Crippen LogP contribution in [-0.4, -0.2) is 24.5 Å². The monoisotopic (exact) mass is 454 g/mol. The smallest absolute Gasteiger partial charge is 0.319 e. The van der Waals surface area contributed by atoms with Gasteiger partial charge in [-0.1, -0.05) is 64.5 Å². The summed E-state index contributed by atoms with van der Waals surface area (Å²) in [5.41, 5.74) is 3.39. The molecule has 3 aromatic carbocycles. The number of rotatable bonds is 4. The second-order valence-corrected chi connectivity index (χ2v) is 7.78. The van der Waals surface area contributed by atoms with Gasteiger partial charge >= 0.3 is 5.97 Å². The summed E-state index contributed by atoms with van der Waals surface area (Å²) >= 11 is 3.55. The van der Waals surface area contributed by atoms with Gasteiger partial charge < -0.3 is 10.1 Å². The zero-order valence-electron chi connectivity index (χ0n) is 15.8. The lowest BCUT2D eigenvalue weighted by Crippen LogP contribution is -2.44. The number of benzene rings is 3. The quantitative estimate of drug-likeness (QED) is 0.544. The number of carbonyl (C=O) groups is 1. The minimum absolute atomic E-state index is 0.00795. The van der Waals surface area contributed by atoms with E-state index < -0.39 is 6.17 Å². The number of nitrogens with zero attached hydrogens (tertiary/aromatic N) is 1. The second kappa shape index (κ2) is 8.35. The molecule has 0 bridgehead atoms. The van der Waals surface area contributed by atoms with Crippen molar-refractivity contribution >= 4 is 27.6 Å². The number of carbonyl (C=O) groups excluding carboxylic acids is 1. The molecule has 0 saturated heterocycles. The number of anilines is 1. The predicted molar refractivity (Wildman–Crippen MR) is 114 cm³/mol. The molecule has 1 aliphatic heterocycles. The third-order valence-electron chi connectivity index (χ3n) is 5.12. The molecule has 148 valence electrons. The van der Waals surface area contributed by atoms with E-state index in [1.54, 1.807) is 18.2 Å². The van der Waals surface area contributed by atoms with Gasteiger partial charge in [0, 0.05) is 15.7 Å². The Morgan fingerprint density at radius 2 is 1.79 bits per heavy atom. The topological polar surface area (TPSA) is 41.6 Å². The fourth-order valence-electron chi connectivity index (χ4n) is 3.80. The largest absolute Gasteiger partial charge is 0.468 e. The summed E-state index contributed by atoms with van der Waals surface area (Å²) in [5, 5.41) is 3.42. The fourth-order valence-corrected chi connectivity index (χ4v) is 4.18. The lowest BCUT2D eigenvalue weighted by Gasteiger charge is -2.44. The van der Waals surface area contributed by atoms with Crippen LogP contribution in [0.2, 0.25) is 0 Å². The van der Waals surface area contributed by atoms with Gasteiger partial charge in [0.05, 0.1) is 19.7 Å². The molecule has 0 unspecified atom stereocenters. The standard InChI is InChI=1S/C23H20BrFN2O2/c1-29-21(28)14-27-22(15-7-3-2-4-8-15)18-13-16(24)11-12-20(18)26-23(27)17-9-5-6-10-19(17)25/h2-13,22-23,26H,14H2,1H3/t22-,23-/m0/s1. The molecule has 4 rings (SSSR count). The average Bonchev–Trinajstić information content (AvgIpc) is 2.74. The minimum atomic E-state index is -0.533. The van der Waals surface area contributed by atoms with E-state index in [4.69, 9.17) is 4.74 Å². The number of hydrogen-bond acceptors (Lipinski definition) is 4. The van der Waals surface area contributed by atoms with Crippen LogP contribution in [-0.2, 0) is 9.53 Å². The maximum absolute atomic E-state index is 14.7. The maximum atomic E-state index is 14.7. The van der Waals surface area contributed by atoms with Gasteiger partial charge in [0.15, 0.2) is 0 Å². The Morgan fingerprint density at radius 3 is 2.52 bits per heavy atom. The maximum Gasteiger partial charge on any atom is 0.319 e. The molecular weight excluding hydrogens is 435 g/mol. The van der Waals surface area contributed by atoms with Crippen LogP contribution in [0.25, 0.3) is 0 Å². The lowest BCUT2D eigenvalue weighted by atomic mass is 9.91. The highest BCUT2D eigenvalue weighted by atomic mass is 79.9. The Balaban J connectivity index is 1.91. The highest BCUT2D eigenvalue weighted by Crippen LogP contribution is 2.45. The lowest BCUT2D eigenvalue weighted by molar-refractivity contribution is -0.143. The van der Waals surface area contributed by atoms with Gasteiger partial charge in [-0.15, -0.1) is 0 Å². The molecule has 0 fully saturated rings. The molecule has 0 radical (unpaired) electrons. The third kappa shape index (κ3) is 3.91. The summed E-state index contributed by atoms with van der Waals surface area (Å²) in [4.78, 5) is 14.2. The molecular formula is C23H20BrFN2O2. The summed E-state index contributed by atoms with van der Waals surface area (Å²) in [6.45, 7) is 0.00795. The van der Waals surface area contributed by atoms with Crippen molar-refractivity contribution in [2.24, 2.45) is 0 Å². The zero-order chi connectivity index (χ0) is 20.4. The van der Waals surface area contributed by atoms with Crippen molar-refractivity contribution in [3.8, 4) is 0 Å². The molecule has 3 aromatic rings. The number of esters is 1. The van der Waals surface area contributed by atoms with Crippen molar-refractivity contribution in [1.29, 1.82) is 0 Å². The van der Waals surface area contributed by atoms with Crippen molar-refractivity contribution in [3.63, 3.8) is 0 Å². The summed E-state index contributed by atoms with van der Waals surface area (Å²) in [5.74, 6) is -0.709. The highest BCUT2D eigenvalue weighted by molar-refractivity contribution is 9.10. The van der Waals surface area contributed by atoms with Gasteiger partial charge in [-0.2, -0.15) is 0 Å². The summed E-state index contributed by atoms with van der Waals surface area (Å²) in [6, 6.07) is 22.2. The Kier molecular flexibility index (Phi) is 5.65. The van der Waals surface area contributed by atoms with Crippen molar-refractivity contribution in [2.75, 3.05) is 19.0 Å². The van der Waals surface area contributed by atoms with E-state index in [1.165, 1.54) is 13.2 Å². The predicted octanol–water partition coefficient (Wildman–Crippen LogP) is 5.28. The molecule has 1 heterocycles. The fraction of sp³-hybridized carbons (Fsp3) is 0.174. The van der Waals surface area contributed by atoms with E-state index in [1.807, 2.05) is 53.4 Å². The van der Waals surface area contributed by atoms with Crippen LogP contribution < -0.4 is 5.32 Å². The first-order valence-electron chi connectivity index (χ1n) is 9.26. The molecule has 4 nitrogen and oxygen atoms in total. The molecule has 1 aliphatic rings. The first kappa shape index (κ1) is 19.6. The molecule has 0 amide bonds. The van der Waals surface area contributed by atoms with Crippen LogP contribution in [0.1, 0.15) is 28.9 Å². The van der Waals surface area contributed by atoms with Crippen LogP contribution in [0, 0.1) is 5.82 Å². The van der Waals surface area contributed by atoms with E-state index >= 15 is 0 Å². The molecule has 6 heteroatoms. The number of methoxy groups -OCH3 is 1. The van der Waals surface area contributed by atoms with E-state index in [2.05, 4.69) is 21.2 Å². The van der Waals surface area contributed by atoms with E-state index in [0.717, 1.165) is 21.3 Å². The summed E-state index contributed by atoms with van der Waals surface area (Å²) in [7, 11) is 1.36. The SMILES string of the molecule is COC(=O)CN1[C@@H](c2ccccc2)c2cc(Br)ccc2N[C@@H]1c1ccccc1F. The van der Waals surface area contributed by atoms with Gasteiger partial charge in [-0.05, 0) is 35.4 Å². The summed E-state index contributed by atoms with van der Waals surface area (Å²) < 4.78 is 20.6. The molecule has 0 aliphatic carbocycles. The molecule has 0 saturated carbocycles. The molecule has 0 aromatic heterocycles. The second-order valence-electron chi connectivity index (χ2n) is 6.86. The first-order valence-corrected chi connectivity index (χ1v) is 10.1. The molecule has 0 spiro atoms. The van der Waals surface area contributed by atoms with Crippen molar-refractivity contribution in [3.05, 3.63) is 99.8 Å². The Bertz CT molecular complexity index is 1030. The average molecular weight is 455 g/mol. The molecule has 1 N–H and O–H groups in total. The Labute approximate surface area is 177 Å². The van der Waals surface area contributed by atoms with Crippen molar-refractivity contribution in [2.45, 2.75) is 12.2 Å². The Hall–Kier alpha value is -2.70. The number of ether oxygens (including phenoxy) is 1. The van der Waals surface area contributed by atoms with Crippen LogP contribution in [0.5, 0.6) is 0 Å². The number of hydrogen-bond donors (Lipinski definition) is 1. The van der Waals surface area contributed by atoms with Crippen LogP contribution in [0.4, 0.5) is 10.1 Å². The first-order chi connectivity index (χ1) is 14.1. The van der Waals surface area contributed by atoms with Gasteiger partial charge in [-0.3, -0.25) is 9.69 Å². The zero-order valence-corrected chi connectivity index (χ0v) is 17.4. The highest BCUT2D eigenvalue weighted by Gasteiger charge is 2.38. The van der Waals surface area contributed by atoms with Gasteiger partial charge in [0.1, 0.15) is 12.0 Å². The normalized spacial score (nSPS) is 18.6. The molecule has 29 heavy (non-hydrogen) atoms. The van der Waals surface area contributed by atoms with E-state index in [0.29, 0.717) is 5.56 Å². The number of nitrogens with one attached hydrogen (secondary N) is 1. The van der Waals surface area contributed by atoms with E-state index in [9.17, 15) is 9.18 Å². The third-order valence-corrected chi connectivity index (χ3v) is 5.61. The van der Waals surface area contributed by atoms with Gasteiger partial charge in [-0.25, -0.2) is 4.39 Å². The van der Waals surface area contributed by atoms with Crippen LogP contribution >= 0.6 is 15.9 Å².